The number of H-pyrrole nitrogens is 1. The van der Waals surface area contributed by atoms with Gasteiger partial charge in [-0.2, -0.15) is 4.99 Å². The van der Waals surface area contributed by atoms with Gasteiger partial charge in [-0.3, -0.25) is 9.59 Å². The van der Waals surface area contributed by atoms with Crippen molar-refractivity contribution in [2.45, 2.75) is 62.7 Å². The minimum absolute atomic E-state index is 0.00902. The summed E-state index contributed by atoms with van der Waals surface area (Å²) < 4.78 is -0.478. The molecule has 2 aromatic rings. The van der Waals surface area contributed by atoms with E-state index in [9.17, 15) is 9.59 Å². The van der Waals surface area contributed by atoms with Gasteiger partial charge in [0.2, 0.25) is 0 Å². The van der Waals surface area contributed by atoms with E-state index in [0.29, 0.717) is 17.7 Å². The van der Waals surface area contributed by atoms with Crippen LogP contribution in [0.3, 0.4) is 0 Å². The van der Waals surface area contributed by atoms with Crippen LogP contribution in [0.1, 0.15) is 62.4 Å². The van der Waals surface area contributed by atoms with E-state index in [0.717, 1.165) is 60.3 Å². The lowest BCUT2D eigenvalue weighted by Gasteiger charge is -2.34. The molecule has 3 fully saturated rings. The zero-order chi connectivity index (χ0) is 22.6. The number of aliphatic imine (C=N–C) groups is 1. The number of piperidine rings is 1. The SMILES string of the molecule is CC1(CC2CCN(C(=O)c3cc4ccccc4[nH]3)CC2)SC(N[C@H]2C[C@@H]3CC[C@H]2C3)=NC1=O. The second kappa shape index (κ2) is 8.19. The van der Waals surface area contributed by atoms with Crippen LogP contribution in [0.2, 0.25) is 0 Å². The van der Waals surface area contributed by atoms with Gasteiger partial charge in [-0.25, -0.2) is 0 Å². The van der Waals surface area contributed by atoms with Gasteiger partial charge in [-0.1, -0.05) is 36.4 Å². The molecule has 0 spiro atoms. The number of hydrogen-bond acceptors (Lipinski definition) is 4. The molecule has 2 bridgehead atoms. The highest BCUT2D eigenvalue weighted by Gasteiger charge is 2.46. The first-order valence-electron chi connectivity index (χ1n) is 12.4. The molecule has 1 aromatic carbocycles. The van der Waals surface area contributed by atoms with E-state index in [1.807, 2.05) is 35.2 Å². The summed E-state index contributed by atoms with van der Waals surface area (Å²) in [6.07, 6.45) is 7.97. The number of benzene rings is 1. The molecule has 0 radical (unpaired) electrons. The molecule has 2 aliphatic heterocycles. The number of aromatic amines is 1. The third kappa shape index (κ3) is 3.98. The van der Waals surface area contributed by atoms with Crippen molar-refractivity contribution >= 4 is 39.6 Å². The molecule has 7 heteroatoms. The molecule has 1 aromatic heterocycles. The van der Waals surface area contributed by atoms with E-state index in [2.05, 4.69) is 22.2 Å². The molecule has 2 aliphatic carbocycles. The molecule has 4 aliphatic rings. The van der Waals surface area contributed by atoms with Gasteiger partial charge in [0.25, 0.3) is 11.8 Å². The van der Waals surface area contributed by atoms with E-state index in [1.54, 1.807) is 11.8 Å². The number of hydrogen-bond donors (Lipinski definition) is 2. The van der Waals surface area contributed by atoms with Gasteiger partial charge >= 0.3 is 0 Å². The van der Waals surface area contributed by atoms with Gasteiger partial charge in [-0.05, 0) is 75.3 Å². The average molecular weight is 465 g/mol. The topological polar surface area (TPSA) is 77.6 Å². The zero-order valence-electron chi connectivity index (χ0n) is 19.2. The fourth-order valence-electron chi connectivity index (χ4n) is 6.51. The number of para-hydroxylation sites is 1. The van der Waals surface area contributed by atoms with Gasteiger partial charge in [0.1, 0.15) is 10.4 Å². The lowest BCUT2D eigenvalue weighted by molar-refractivity contribution is -0.119. The molecule has 174 valence electrons. The van der Waals surface area contributed by atoms with Crippen LogP contribution in [-0.2, 0) is 4.79 Å². The third-order valence-corrected chi connectivity index (χ3v) is 9.56. The number of fused-ring (bicyclic) bond motifs is 3. The highest BCUT2D eigenvalue weighted by molar-refractivity contribution is 8.16. The largest absolute Gasteiger partial charge is 0.361 e. The Bertz CT molecular complexity index is 1090. The Hall–Kier alpha value is -2.28. The number of amides is 2. The maximum absolute atomic E-state index is 13.0. The van der Waals surface area contributed by atoms with Gasteiger partial charge in [0.15, 0.2) is 5.17 Å². The van der Waals surface area contributed by atoms with Gasteiger partial charge in [0.05, 0.1) is 0 Å². The predicted molar refractivity (Wildman–Crippen MR) is 132 cm³/mol. The summed E-state index contributed by atoms with van der Waals surface area (Å²) in [7, 11) is 0. The quantitative estimate of drug-likeness (QED) is 0.695. The minimum atomic E-state index is -0.478. The van der Waals surface area contributed by atoms with Crippen molar-refractivity contribution in [3.63, 3.8) is 0 Å². The van der Waals surface area contributed by atoms with Crippen LogP contribution in [0.4, 0.5) is 0 Å². The number of nitrogens with zero attached hydrogens (tertiary/aromatic N) is 2. The van der Waals surface area contributed by atoms with Crippen LogP contribution >= 0.6 is 11.8 Å². The Morgan fingerprint density at radius 3 is 2.76 bits per heavy atom. The molecule has 6 nitrogen and oxygen atoms in total. The summed E-state index contributed by atoms with van der Waals surface area (Å²) in [6.45, 7) is 3.54. The number of thioether (sulfide) groups is 1. The van der Waals surface area contributed by atoms with Crippen LogP contribution in [0.5, 0.6) is 0 Å². The normalized spacial score (nSPS) is 32.0. The third-order valence-electron chi connectivity index (χ3n) is 8.36. The van der Waals surface area contributed by atoms with E-state index in [-0.39, 0.29) is 11.8 Å². The Morgan fingerprint density at radius 2 is 2.03 bits per heavy atom. The molecule has 33 heavy (non-hydrogen) atoms. The monoisotopic (exact) mass is 464 g/mol. The van der Waals surface area contributed by atoms with E-state index >= 15 is 0 Å². The summed E-state index contributed by atoms with van der Waals surface area (Å²) in [5.41, 5.74) is 1.66. The van der Waals surface area contributed by atoms with E-state index in [1.165, 1.54) is 25.7 Å². The summed E-state index contributed by atoms with van der Waals surface area (Å²) >= 11 is 1.64. The Labute approximate surface area is 199 Å². The summed E-state index contributed by atoms with van der Waals surface area (Å²) in [4.78, 5) is 35.5. The fourth-order valence-corrected chi connectivity index (χ4v) is 7.73. The lowest BCUT2D eigenvalue weighted by Crippen LogP contribution is -2.41. The molecule has 4 atom stereocenters. The Balaban J connectivity index is 1.03. The Kier molecular flexibility index (Phi) is 5.28. The van der Waals surface area contributed by atoms with E-state index < -0.39 is 4.75 Å². The smallest absolute Gasteiger partial charge is 0.270 e. The molecule has 1 saturated heterocycles. The zero-order valence-corrected chi connectivity index (χ0v) is 20.0. The van der Waals surface area contributed by atoms with Crippen molar-refractivity contribution in [3.05, 3.63) is 36.0 Å². The van der Waals surface area contributed by atoms with Gasteiger partial charge in [0, 0.05) is 30.0 Å². The summed E-state index contributed by atoms with van der Waals surface area (Å²) in [6, 6.07) is 10.4. The second-order valence-corrected chi connectivity index (χ2v) is 12.2. The molecule has 6 rings (SSSR count). The number of rotatable bonds is 4. The first-order chi connectivity index (χ1) is 16.0. The molecular formula is C26H32N4O2S. The first-order valence-corrected chi connectivity index (χ1v) is 13.2. The minimum Gasteiger partial charge on any atom is -0.361 e. The Morgan fingerprint density at radius 1 is 1.21 bits per heavy atom. The number of aromatic nitrogens is 1. The number of nitrogens with one attached hydrogen (secondary N) is 2. The fraction of sp³-hybridized carbons (Fsp3) is 0.577. The highest BCUT2D eigenvalue weighted by Crippen LogP contribution is 2.46. The van der Waals surface area contributed by atoms with Crippen LogP contribution < -0.4 is 5.32 Å². The molecular weight excluding hydrogens is 432 g/mol. The lowest BCUT2D eigenvalue weighted by atomic mass is 9.87. The molecule has 2 saturated carbocycles. The summed E-state index contributed by atoms with van der Waals surface area (Å²) in [5.74, 6) is 2.16. The van der Waals surface area contributed by atoms with Crippen molar-refractivity contribution in [2.75, 3.05) is 13.1 Å². The number of carbonyl (C=O) groups excluding carboxylic acids is 2. The van der Waals surface area contributed by atoms with Crippen molar-refractivity contribution in [1.29, 1.82) is 0 Å². The predicted octanol–water partition coefficient (Wildman–Crippen LogP) is 4.58. The second-order valence-electron chi connectivity index (χ2n) is 10.7. The van der Waals surface area contributed by atoms with Crippen LogP contribution in [0.25, 0.3) is 10.9 Å². The van der Waals surface area contributed by atoms with E-state index in [4.69, 9.17) is 0 Å². The standard InChI is InChI=1S/C26H32N4O2S/c1-26(24(32)29-25(33-26)28-21-13-17-6-7-19(21)12-17)15-16-8-10-30(11-9-16)23(31)22-14-18-4-2-3-5-20(18)27-22/h2-5,14,16-17,19,21,27H,6-13,15H2,1H3,(H,28,29,32)/t17-,19+,21+,26?/m1/s1. The highest BCUT2D eigenvalue weighted by atomic mass is 32.2. The molecule has 3 heterocycles. The molecule has 2 N–H and O–H groups in total. The van der Waals surface area contributed by atoms with Crippen LogP contribution in [-0.4, -0.2) is 50.7 Å². The van der Waals surface area contributed by atoms with Crippen molar-refractivity contribution in [2.24, 2.45) is 22.7 Å². The van der Waals surface area contributed by atoms with Gasteiger partial charge in [-0.15, -0.1) is 0 Å². The number of amidine groups is 1. The van der Waals surface area contributed by atoms with Crippen LogP contribution in [0.15, 0.2) is 35.3 Å². The maximum Gasteiger partial charge on any atom is 0.270 e. The number of carbonyl (C=O) groups is 2. The molecule has 1 unspecified atom stereocenters. The number of likely N-dealkylation sites (tertiary alicyclic amines) is 1. The first kappa shape index (κ1) is 21.3. The maximum atomic E-state index is 13.0. The van der Waals surface area contributed by atoms with Crippen molar-refractivity contribution in [3.8, 4) is 0 Å². The molecule has 2 amide bonds. The van der Waals surface area contributed by atoms with Crippen molar-refractivity contribution < 1.29 is 9.59 Å². The average Bonchev–Trinajstić information content (AvgIpc) is 3.58. The van der Waals surface area contributed by atoms with Crippen LogP contribution in [0, 0.1) is 17.8 Å². The summed E-state index contributed by atoms with van der Waals surface area (Å²) in [5, 5.41) is 5.52. The van der Waals surface area contributed by atoms with Crippen molar-refractivity contribution in [1.82, 2.24) is 15.2 Å². The van der Waals surface area contributed by atoms with Gasteiger partial charge < -0.3 is 15.2 Å².